The Morgan fingerprint density at radius 3 is 2.49 bits per heavy atom. The van der Waals surface area contributed by atoms with Gasteiger partial charge in [0.1, 0.15) is 0 Å². The van der Waals surface area contributed by atoms with Crippen LogP contribution in [0.25, 0.3) is 10.9 Å². The summed E-state index contributed by atoms with van der Waals surface area (Å²) in [5.41, 5.74) is 1.05. The summed E-state index contributed by atoms with van der Waals surface area (Å²) in [5.74, 6) is 0.210. The van der Waals surface area contributed by atoms with Crippen LogP contribution in [0.4, 0.5) is 10.5 Å². The molecule has 0 bridgehead atoms. The summed E-state index contributed by atoms with van der Waals surface area (Å²) >= 11 is 0. The van der Waals surface area contributed by atoms with E-state index in [9.17, 15) is 19.2 Å². The second kappa shape index (κ2) is 10.2. The first-order valence-corrected chi connectivity index (χ1v) is 13.0. The molecule has 3 amide bonds. The Balaban J connectivity index is 1.34. The van der Waals surface area contributed by atoms with Crippen molar-refractivity contribution in [2.24, 2.45) is 5.92 Å². The molecule has 37 heavy (non-hydrogen) atoms. The van der Waals surface area contributed by atoms with Gasteiger partial charge in [-0.3, -0.25) is 18.7 Å². The lowest BCUT2D eigenvalue weighted by Gasteiger charge is -2.25. The largest absolute Gasteiger partial charge is 0.350 e. The maximum Gasteiger partial charge on any atom is 0.331 e. The number of nitrogens with zero attached hydrogens (tertiary/aromatic N) is 3. The van der Waals surface area contributed by atoms with E-state index in [1.165, 1.54) is 4.57 Å². The molecule has 2 N–H and O–H groups in total. The number of urea groups is 1. The van der Waals surface area contributed by atoms with Gasteiger partial charge in [-0.05, 0) is 75.8 Å². The predicted octanol–water partition coefficient (Wildman–Crippen LogP) is 3.58. The molecule has 2 aliphatic rings. The zero-order valence-electron chi connectivity index (χ0n) is 21.3. The van der Waals surface area contributed by atoms with Gasteiger partial charge in [0.15, 0.2) is 0 Å². The third-order valence-corrected chi connectivity index (χ3v) is 7.25. The Morgan fingerprint density at radius 2 is 1.78 bits per heavy atom. The number of nitrogens with one attached hydrogen (secondary N) is 2. The average molecular weight is 504 g/mol. The van der Waals surface area contributed by atoms with Crippen molar-refractivity contribution >= 4 is 28.5 Å². The fourth-order valence-electron chi connectivity index (χ4n) is 5.09. The van der Waals surface area contributed by atoms with E-state index in [0.717, 1.165) is 25.7 Å². The van der Waals surface area contributed by atoms with E-state index in [2.05, 4.69) is 10.6 Å². The Hall–Kier alpha value is -3.88. The molecule has 194 valence electrons. The van der Waals surface area contributed by atoms with Crippen LogP contribution in [0.2, 0.25) is 0 Å². The molecular weight excluding hydrogens is 470 g/mol. The summed E-state index contributed by atoms with van der Waals surface area (Å²) in [6.45, 7) is 5.23. The lowest BCUT2D eigenvalue weighted by molar-refractivity contribution is 0.0943. The van der Waals surface area contributed by atoms with Gasteiger partial charge < -0.3 is 15.5 Å². The molecule has 3 aromatic rings. The molecule has 1 atom stereocenters. The molecule has 2 heterocycles. The normalized spacial score (nSPS) is 17.4. The van der Waals surface area contributed by atoms with E-state index in [1.54, 1.807) is 39.8 Å². The average Bonchev–Trinajstić information content (AvgIpc) is 3.59. The van der Waals surface area contributed by atoms with Crippen LogP contribution < -0.4 is 21.9 Å². The van der Waals surface area contributed by atoms with Crippen LogP contribution in [-0.2, 0) is 6.54 Å². The minimum absolute atomic E-state index is 0.113. The molecule has 1 saturated heterocycles. The Bertz CT molecular complexity index is 1440. The van der Waals surface area contributed by atoms with Crippen LogP contribution in [0.15, 0.2) is 58.1 Å². The monoisotopic (exact) mass is 503 g/mol. The van der Waals surface area contributed by atoms with Gasteiger partial charge in [-0.25, -0.2) is 9.59 Å². The van der Waals surface area contributed by atoms with Gasteiger partial charge >= 0.3 is 11.7 Å². The Morgan fingerprint density at radius 1 is 1.03 bits per heavy atom. The number of benzene rings is 2. The number of carbonyl (C=O) groups excluding carboxylic acids is 2. The summed E-state index contributed by atoms with van der Waals surface area (Å²) in [6, 6.07) is 13.6. The van der Waals surface area contributed by atoms with E-state index in [0.29, 0.717) is 47.7 Å². The van der Waals surface area contributed by atoms with Crippen LogP contribution >= 0.6 is 0 Å². The molecular formula is C28H33N5O4. The zero-order chi connectivity index (χ0) is 26.1. The summed E-state index contributed by atoms with van der Waals surface area (Å²) in [7, 11) is 0. The molecule has 5 rings (SSSR count). The van der Waals surface area contributed by atoms with E-state index >= 15 is 0 Å². The fraction of sp³-hybridized carbons (Fsp3) is 0.429. The van der Waals surface area contributed by atoms with E-state index in [-0.39, 0.29) is 35.3 Å². The van der Waals surface area contributed by atoms with Gasteiger partial charge in [-0.15, -0.1) is 0 Å². The fourth-order valence-corrected chi connectivity index (χ4v) is 5.09. The number of carbonyl (C=O) groups is 2. The lowest BCUT2D eigenvalue weighted by atomic mass is 10.2. The van der Waals surface area contributed by atoms with Gasteiger partial charge in [0.05, 0.1) is 16.9 Å². The Labute approximate surface area is 215 Å². The molecule has 2 fully saturated rings. The van der Waals surface area contributed by atoms with Crippen LogP contribution in [0.5, 0.6) is 0 Å². The van der Waals surface area contributed by atoms with Crippen molar-refractivity contribution in [2.45, 2.75) is 58.2 Å². The van der Waals surface area contributed by atoms with Gasteiger partial charge in [-0.2, -0.15) is 0 Å². The second-order valence-electron chi connectivity index (χ2n) is 10.3. The highest BCUT2D eigenvalue weighted by Gasteiger charge is 2.30. The first-order chi connectivity index (χ1) is 17.8. The van der Waals surface area contributed by atoms with Crippen LogP contribution in [-0.4, -0.2) is 45.1 Å². The number of anilines is 1. The number of hydrogen-bond donors (Lipinski definition) is 2. The number of fused-ring (bicyclic) bond motifs is 1. The summed E-state index contributed by atoms with van der Waals surface area (Å²) in [5, 5.41) is 6.28. The Kier molecular flexibility index (Phi) is 6.86. The van der Waals surface area contributed by atoms with Crippen molar-refractivity contribution in [1.82, 2.24) is 19.4 Å². The van der Waals surface area contributed by atoms with E-state index in [1.807, 2.05) is 32.0 Å². The van der Waals surface area contributed by atoms with Crippen molar-refractivity contribution in [3.8, 4) is 0 Å². The first-order valence-electron chi connectivity index (χ1n) is 13.0. The van der Waals surface area contributed by atoms with E-state index in [4.69, 9.17) is 0 Å². The molecule has 9 nitrogen and oxygen atoms in total. The molecule has 9 heteroatoms. The topological polar surface area (TPSA) is 105 Å². The third-order valence-electron chi connectivity index (χ3n) is 7.25. The van der Waals surface area contributed by atoms with Gasteiger partial charge in [0, 0.05) is 36.9 Å². The van der Waals surface area contributed by atoms with Crippen LogP contribution in [0.1, 0.15) is 55.9 Å². The molecule has 0 spiro atoms. The van der Waals surface area contributed by atoms with Crippen molar-refractivity contribution in [3.63, 3.8) is 0 Å². The highest BCUT2D eigenvalue weighted by atomic mass is 16.2. The van der Waals surface area contributed by atoms with Crippen LogP contribution in [0.3, 0.4) is 0 Å². The number of rotatable bonds is 7. The first kappa shape index (κ1) is 24.8. The molecule has 1 aromatic heterocycles. The minimum atomic E-state index is -0.317. The predicted molar refractivity (Wildman–Crippen MR) is 143 cm³/mol. The number of likely N-dealkylation sites (tertiary alicyclic amines) is 1. The molecule has 2 aromatic carbocycles. The molecule has 1 unspecified atom stereocenters. The molecule has 0 radical (unpaired) electrons. The van der Waals surface area contributed by atoms with Gasteiger partial charge in [0.2, 0.25) is 0 Å². The second-order valence-corrected chi connectivity index (χ2v) is 10.3. The highest BCUT2D eigenvalue weighted by molar-refractivity contribution is 5.94. The SMILES string of the molecule is CC(C)n1c(=O)n(CC2CC2)c(=O)c2cc(NC(=O)N3CCCC3CNC(=O)c3ccccc3)ccc21. The summed E-state index contributed by atoms with van der Waals surface area (Å²) in [6.07, 6.45) is 3.71. The van der Waals surface area contributed by atoms with Gasteiger partial charge in [-0.1, -0.05) is 18.2 Å². The van der Waals surface area contributed by atoms with Crippen molar-refractivity contribution in [1.29, 1.82) is 0 Å². The number of aromatic nitrogens is 2. The number of amides is 3. The maximum absolute atomic E-state index is 13.3. The molecule has 1 aliphatic carbocycles. The van der Waals surface area contributed by atoms with Crippen LogP contribution in [0, 0.1) is 5.92 Å². The summed E-state index contributed by atoms with van der Waals surface area (Å²) in [4.78, 5) is 53.7. The maximum atomic E-state index is 13.3. The highest BCUT2D eigenvalue weighted by Crippen LogP contribution is 2.30. The third kappa shape index (κ3) is 5.16. The van der Waals surface area contributed by atoms with E-state index < -0.39 is 0 Å². The lowest BCUT2D eigenvalue weighted by Crippen LogP contribution is -2.45. The molecule has 1 aliphatic heterocycles. The standard InChI is InChI=1S/C28H33N5O4/c1-18(2)33-24-13-12-21(15-23(24)26(35)32(28(33)37)17-19-10-11-19)30-27(36)31-14-6-9-22(31)16-29-25(34)20-7-4-3-5-8-20/h3-5,7-8,12-13,15,18-19,22H,6,9-11,14,16-17H2,1-2H3,(H,29,34)(H,30,36). The molecule has 1 saturated carbocycles. The zero-order valence-corrected chi connectivity index (χ0v) is 21.3. The van der Waals surface area contributed by atoms with Gasteiger partial charge in [0.25, 0.3) is 11.5 Å². The summed E-state index contributed by atoms with van der Waals surface area (Å²) < 4.78 is 2.99. The quantitative estimate of drug-likeness (QED) is 0.514. The smallest absolute Gasteiger partial charge is 0.331 e. The van der Waals surface area contributed by atoms with Crippen molar-refractivity contribution < 1.29 is 9.59 Å². The van der Waals surface area contributed by atoms with Crippen molar-refractivity contribution in [2.75, 3.05) is 18.4 Å². The minimum Gasteiger partial charge on any atom is -0.350 e. The number of hydrogen-bond acceptors (Lipinski definition) is 4. The van der Waals surface area contributed by atoms with Crippen molar-refractivity contribution in [3.05, 3.63) is 74.9 Å².